The smallest absolute Gasteiger partial charge is 0.338 e. The molecule has 0 atom stereocenters. The van der Waals surface area contributed by atoms with Crippen molar-refractivity contribution in [3.05, 3.63) is 17.0 Å². The number of carbonyl (C=O) groups excluding carboxylic acids is 1. The van der Waals surface area contributed by atoms with Gasteiger partial charge in [-0.3, -0.25) is 9.58 Å². The first-order chi connectivity index (χ1) is 11.1. The topological polar surface area (TPSA) is 62.2 Å². The largest absolute Gasteiger partial charge is 0.401 e. The average molecular weight is 349 g/mol. The zero-order chi connectivity index (χ0) is 18.3. The highest BCUT2D eigenvalue weighted by Crippen LogP contribution is 2.15. The summed E-state index contributed by atoms with van der Waals surface area (Å²) >= 11 is 0. The molecule has 0 unspecified atom stereocenters. The van der Waals surface area contributed by atoms with Crippen LogP contribution in [0.5, 0.6) is 0 Å². The highest BCUT2D eigenvalue weighted by atomic mass is 19.4. The third-order valence-corrected chi connectivity index (χ3v) is 3.77. The normalized spacial score (nSPS) is 11.8. The summed E-state index contributed by atoms with van der Waals surface area (Å²) in [5, 5.41) is 9.70. The molecule has 9 heteroatoms. The molecule has 0 aliphatic carbocycles. The van der Waals surface area contributed by atoms with Gasteiger partial charge in [0.15, 0.2) is 0 Å². The van der Waals surface area contributed by atoms with Gasteiger partial charge in [-0.2, -0.15) is 18.3 Å². The molecule has 0 spiro atoms. The Hall–Kier alpha value is -1.77. The van der Waals surface area contributed by atoms with Crippen molar-refractivity contribution in [3.63, 3.8) is 0 Å². The molecule has 0 aliphatic heterocycles. The van der Waals surface area contributed by atoms with E-state index in [0.717, 1.165) is 17.0 Å². The van der Waals surface area contributed by atoms with E-state index in [1.165, 1.54) is 11.9 Å². The van der Waals surface area contributed by atoms with E-state index in [2.05, 4.69) is 15.7 Å². The highest BCUT2D eigenvalue weighted by molar-refractivity contribution is 5.73. The number of amides is 2. The fourth-order valence-electron chi connectivity index (χ4n) is 2.48. The Bertz CT molecular complexity index is 542. The SMILES string of the molecule is Cc1nn(C)c(C)c1CCNC(=O)NCCCN(C)CC(F)(F)F. The van der Waals surface area contributed by atoms with Crippen molar-refractivity contribution in [1.29, 1.82) is 0 Å². The molecule has 1 rings (SSSR count). The lowest BCUT2D eigenvalue weighted by molar-refractivity contribution is -0.143. The van der Waals surface area contributed by atoms with Crippen LogP contribution >= 0.6 is 0 Å². The molecule has 0 saturated heterocycles. The summed E-state index contributed by atoms with van der Waals surface area (Å²) in [5.74, 6) is 0. The summed E-state index contributed by atoms with van der Waals surface area (Å²) in [6.45, 7) is 4.05. The number of aryl methyl sites for hydroxylation is 2. The quantitative estimate of drug-likeness (QED) is 0.703. The van der Waals surface area contributed by atoms with Crippen LogP contribution in [0.25, 0.3) is 0 Å². The van der Waals surface area contributed by atoms with Gasteiger partial charge in [0.25, 0.3) is 0 Å². The van der Waals surface area contributed by atoms with Gasteiger partial charge in [-0.25, -0.2) is 4.79 Å². The van der Waals surface area contributed by atoms with Crippen molar-refractivity contribution in [2.24, 2.45) is 7.05 Å². The first-order valence-corrected chi connectivity index (χ1v) is 7.86. The number of rotatable bonds is 8. The molecule has 24 heavy (non-hydrogen) atoms. The van der Waals surface area contributed by atoms with Crippen LogP contribution in [-0.2, 0) is 13.5 Å². The lowest BCUT2D eigenvalue weighted by Gasteiger charge is -2.18. The van der Waals surface area contributed by atoms with Gasteiger partial charge < -0.3 is 10.6 Å². The van der Waals surface area contributed by atoms with Crippen molar-refractivity contribution in [2.75, 3.05) is 33.2 Å². The summed E-state index contributed by atoms with van der Waals surface area (Å²) in [6, 6.07) is -0.312. The third-order valence-electron chi connectivity index (χ3n) is 3.77. The Morgan fingerprint density at radius 3 is 2.42 bits per heavy atom. The fourth-order valence-corrected chi connectivity index (χ4v) is 2.48. The summed E-state index contributed by atoms with van der Waals surface area (Å²) < 4.78 is 38.3. The number of aromatic nitrogens is 2. The molecule has 2 N–H and O–H groups in total. The maximum Gasteiger partial charge on any atom is 0.401 e. The molecule has 1 aromatic rings. The van der Waals surface area contributed by atoms with Crippen LogP contribution in [0.3, 0.4) is 0 Å². The Morgan fingerprint density at radius 1 is 1.25 bits per heavy atom. The van der Waals surface area contributed by atoms with E-state index >= 15 is 0 Å². The summed E-state index contributed by atoms with van der Waals surface area (Å²) in [5.41, 5.74) is 3.14. The van der Waals surface area contributed by atoms with Crippen LogP contribution in [0.2, 0.25) is 0 Å². The van der Waals surface area contributed by atoms with E-state index in [1.54, 1.807) is 0 Å². The third kappa shape index (κ3) is 7.20. The van der Waals surface area contributed by atoms with Crippen molar-refractivity contribution in [3.8, 4) is 0 Å². The van der Waals surface area contributed by atoms with Crippen LogP contribution in [0.15, 0.2) is 0 Å². The van der Waals surface area contributed by atoms with E-state index in [4.69, 9.17) is 0 Å². The van der Waals surface area contributed by atoms with Crippen molar-refractivity contribution in [1.82, 2.24) is 25.3 Å². The molecule has 0 radical (unpaired) electrons. The van der Waals surface area contributed by atoms with Crippen molar-refractivity contribution < 1.29 is 18.0 Å². The summed E-state index contributed by atoms with van der Waals surface area (Å²) in [4.78, 5) is 12.8. The van der Waals surface area contributed by atoms with Crippen LogP contribution in [0, 0.1) is 13.8 Å². The van der Waals surface area contributed by atoms with Crippen molar-refractivity contribution >= 4 is 6.03 Å². The van der Waals surface area contributed by atoms with E-state index in [1.807, 2.05) is 25.6 Å². The first-order valence-electron chi connectivity index (χ1n) is 7.86. The number of hydrogen-bond donors (Lipinski definition) is 2. The lowest BCUT2D eigenvalue weighted by atomic mass is 10.1. The zero-order valence-electron chi connectivity index (χ0n) is 14.6. The maximum atomic E-state index is 12.2. The molecule has 6 nitrogen and oxygen atoms in total. The molecule has 0 aliphatic rings. The number of carbonyl (C=O) groups is 1. The minimum atomic E-state index is -4.19. The van der Waals surface area contributed by atoms with Gasteiger partial charge in [0.2, 0.25) is 0 Å². The highest BCUT2D eigenvalue weighted by Gasteiger charge is 2.28. The van der Waals surface area contributed by atoms with Gasteiger partial charge in [-0.1, -0.05) is 0 Å². The predicted octanol–water partition coefficient (Wildman–Crippen LogP) is 1.76. The Kier molecular flexibility index (Phi) is 7.53. The average Bonchev–Trinajstić information content (AvgIpc) is 2.68. The van der Waals surface area contributed by atoms with Crippen LogP contribution in [0.4, 0.5) is 18.0 Å². The second-order valence-electron chi connectivity index (χ2n) is 5.91. The standard InChI is InChI=1S/C15H26F3N5O/c1-11-13(12(2)23(4)21-11)6-8-20-14(24)19-7-5-9-22(3)10-15(16,17)18/h5-10H2,1-4H3,(H2,19,20,24). The molecule has 1 heterocycles. The minimum Gasteiger partial charge on any atom is -0.338 e. The first kappa shape index (κ1) is 20.3. The second-order valence-corrected chi connectivity index (χ2v) is 5.91. The molecule has 0 saturated carbocycles. The van der Waals surface area contributed by atoms with Gasteiger partial charge in [0.05, 0.1) is 12.2 Å². The number of nitrogens with zero attached hydrogens (tertiary/aromatic N) is 3. The van der Waals surface area contributed by atoms with Gasteiger partial charge in [-0.05, 0) is 45.8 Å². The van der Waals surface area contributed by atoms with Crippen LogP contribution in [-0.4, -0.2) is 60.1 Å². The maximum absolute atomic E-state index is 12.2. The number of urea groups is 1. The number of halogens is 3. The Morgan fingerprint density at radius 2 is 1.88 bits per heavy atom. The molecule has 1 aromatic heterocycles. The molecular weight excluding hydrogens is 323 g/mol. The zero-order valence-corrected chi connectivity index (χ0v) is 14.6. The van der Waals surface area contributed by atoms with Crippen molar-refractivity contribution in [2.45, 2.75) is 32.9 Å². The van der Waals surface area contributed by atoms with Gasteiger partial charge in [0, 0.05) is 25.8 Å². The van der Waals surface area contributed by atoms with Crippen LogP contribution in [0.1, 0.15) is 23.4 Å². The molecule has 0 bridgehead atoms. The number of nitrogens with one attached hydrogen (secondary N) is 2. The molecule has 0 aromatic carbocycles. The fraction of sp³-hybridized carbons (Fsp3) is 0.733. The monoisotopic (exact) mass is 349 g/mol. The van der Waals surface area contributed by atoms with E-state index in [0.29, 0.717) is 25.9 Å². The van der Waals surface area contributed by atoms with Gasteiger partial charge >= 0.3 is 12.2 Å². The molecule has 2 amide bonds. The van der Waals surface area contributed by atoms with E-state index < -0.39 is 12.7 Å². The minimum absolute atomic E-state index is 0.272. The molecular formula is C15H26F3N5O. The Balaban J connectivity index is 2.16. The molecule has 0 fully saturated rings. The number of alkyl halides is 3. The van der Waals surface area contributed by atoms with Gasteiger partial charge in [0.1, 0.15) is 0 Å². The summed E-state index contributed by atoms with van der Waals surface area (Å²) in [7, 11) is 3.29. The van der Waals surface area contributed by atoms with Gasteiger partial charge in [-0.15, -0.1) is 0 Å². The number of hydrogen-bond acceptors (Lipinski definition) is 3. The van der Waals surface area contributed by atoms with E-state index in [-0.39, 0.29) is 12.6 Å². The van der Waals surface area contributed by atoms with Crippen LogP contribution < -0.4 is 10.6 Å². The van der Waals surface area contributed by atoms with E-state index in [9.17, 15) is 18.0 Å². The molecule has 138 valence electrons. The summed E-state index contributed by atoms with van der Waals surface area (Å²) in [6.07, 6.45) is -3.05. The second kappa shape index (κ2) is 8.91. The predicted molar refractivity (Wildman–Crippen MR) is 86.0 cm³/mol. The lowest BCUT2D eigenvalue weighted by Crippen LogP contribution is -2.38. The Labute approximate surface area is 140 Å².